The standard InChI is InChI=1S/C25H25FN4OS2/c26-21-10-8-20(9-11-21)12-14-27-24(31)18-33-25-29-28-23(17-22-7-4-16-32-22)30(25)15-13-19-5-2-1-3-6-19/h1-11,16H,12-15,17-18H2,(H,27,31). The molecule has 170 valence electrons. The Kier molecular flexibility index (Phi) is 8.27. The number of carbonyl (C=O) groups excluding carboxylic acids is 1. The topological polar surface area (TPSA) is 59.8 Å². The molecule has 1 amide bonds. The fourth-order valence-corrected chi connectivity index (χ4v) is 4.93. The number of aryl methyl sites for hydroxylation is 1. The van der Waals surface area contributed by atoms with Crippen LogP contribution in [0, 0.1) is 5.82 Å². The molecule has 0 atom stereocenters. The maximum absolute atomic E-state index is 13.0. The van der Waals surface area contributed by atoms with Crippen molar-refractivity contribution in [3.05, 3.63) is 99.8 Å². The van der Waals surface area contributed by atoms with Crippen LogP contribution < -0.4 is 5.32 Å². The molecule has 8 heteroatoms. The highest BCUT2D eigenvalue weighted by Gasteiger charge is 2.15. The number of aromatic nitrogens is 3. The molecule has 0 aliphatic carbocycles. The van der Waals surface area contributed by atoms with Gasteiger partial charge in [0.15, 0.2) is 5.16 Å². The van der Waals surface area contributed by atoms with Gasteiger partial charge in [-0.1, -0.05) is 60.3 Å². The minimum Gasteiger partial charge on any atom is -0.355 e. The predicted molar refractivity (Wildman–Crippen MR) is 131 cm³/mol. The van der Waals surface area contributed by atoms with E-state index in [1.54, 1.807) is 23.5 Å². The summed E-state index contributed by atoms with van der Waals surface area (Å²) >= 11 is 3.11. The van der Waals surface area contributed by atoms with Gasteiger partial charge >= 0.3 is 0 Å². The van der Waals surface area contributed by atoms with Gasteiger partial charge in [0, 0.05) is 24.4 Å². The molecule has 33 heavy (non-hydrogen) atoms. The van der Waals surface area contributed by atoms with Crippen LogP contribution in [0.25, 0.3) is 0 Å². The summed E-state index contributed by atoms with van der Waals surface area (Å²) in [4.78, 5) is 13.6. The van der Waals surface area contributed by atoms with Gasteiger partial charge in [-0.25, -0.2) is 4.39 Å². The largest absolute Gasteiger partial charge is 0.355 e. The Morgan fingerprint density at radius 1 is 0.970 bits per heavy atom. The summed E-state index contributed by atoms with van der Waals surface area (Å²) in [6, 6.07) is 20.8. The Hall–Kier alpha value is -2.97. The average Bonchev–Trinajstić information content (AvgIpc) is 3.48. The molecule has 0 spiro atoms. The fourth-order valence-electron chi connectivity index (χ4n) is 3.41. The van der Waals surface area contributed by atoms with E-state index in [1.165, 1.54) is 34.3 Å². The first-order valence-electron chi connectivity index (χ1n) is 10.8. The van der Waals surface area contributed by atoms with E-state index in [0.717, 1.165) is 35.9 Å². The van der Waals surface area contributed by atoms with E-state index in [1.807, 2.05) is 24.3 Å². The second-order valence-corrected chi connectivity index (χ2v) is 9.53. The van der Waals surface area contributed by atoms with Crippen LogP contribution in [-0.4, -0.2) is 33.0 Å². The van der Waals surface area contributed by atoms with Gasteiger partial charge in [0.1, 0.15) is 11.6 Å². The normalized spacial score (nSPS) is 10.9. The third-order valence-electron chi connectivity index (χ3n) is 5.15. The van der Waals surface area contributed by atoms with Gasteiger partial charge < -0.3 is 9.88 Å². The molecular weight excluding hydrogens is 455 g/mol. The number of hydrogen-bond donors (Lipinski definition) is 1. The number of thiophene rings is 1. The lowest BCUT2D eigenvalue weighted by atomic mass is 10.1. The van der Waals surface area contributed by atoms with Gasteiger partial charge in [-0.3, -0.25) is 4.79 Å². The van der Waals surface area contributed by atoms with Crippen LogP contribution in [0.15, 0.2) is 77.3 Å². The third-order valence-corrected chi connectivity index (χ3v) is 7.00. The second kappa shape index (κ2) is 11.8. The van der Waals surface area contributed by atoms with Gasteiger partial charge in [-0.05, 0) is 47.5 Å². The van der Waals surface area contributed by atoms with Gasteiger partial charge in [0.2, 0.25) is 5.91 Å². The van der Waals surface area contributed by atoms with Crippen LogP contribution >= 0.6 is 23.1 Å². The van der Waals surface area contributed by atoms with Crippen LogP contribution in [0.4, 0.5) is 4.39 Å². The maximum Gasteiger partial charge on any atom is 0.230 e. The van der Waals surface area contributed by atoms with Gasteiger partial charge in [0.25, 0.3) is 0 Å². The maximum atomic E-state index is 13.0. The van der Waals surface area contributed by atoms with Gasteiger partial charge in [0.05, 0.1) is 5.75 Å². The summed E-state index contributed by atoms with van der Waals surface area (Å²) < 4.78 is 15.1. The number of carbonyl (C=O) groups is 1. The molecule has 0 saturated heterocycles. The zero-order valence-electron chi connectivity index (χ0n) is 18.1. The number of thioether (sulfide) groups is 1. The van der Waals surface area contributed by atoms with Crippen molar-refractivity contribution in [2.45, 2.75) is 31.0 Å². The minimum absolute atomic E-state index is 0.0560. The van der Waals surface area contributed by atoms with Crippen LogP contribution in [0.2, 0.25) is 0 Å². The lowest BCUT2D eigenvalue weighted by Gasteiger charge is -2.10. The zero-order valence-corrected chi connectivity index (χ0v) is 19.7. The molecule has 2 aromatic carbocycles. The first-order chi connectivity index (χ1) is 16.2. The minimum atomic E-state index is -0.256. The van der Waals surface area contributed by atoms with E-state index < -0.39 is 0 Å². The number of halogens is 1. The third kappa shape index (κ3) is 7.00. The molecule has 0 unspecified atom stereocenters. The predicted octanol–water partition coefficient (Wildman–Crippen LogP) is 4.76. The Morgan fingerprint density at radius 2 is 1.76 bits per heavy atom. The highest BCUT2D eigenvalue weighted by Crippen LogP contribution is 2.21. The first-order valence-corrected chi connectivity index (χ1v) is 12.7. The molecule has 0 bridgehead atoms. The molecule has 0 fully saturated rings. The first kappa shape index (κ1) is 23.2. The number of nitrogens with zero attached hydrogens (tertiary/aromatic N) is 3. The number of amides is 1. The number of hydrogen-bond acceptors (Lipinski definition) is 5. The average molecular weight is 481 g/mol. The summed E-state index contributed by atoms with van der Waals surface area (Å²) in [7, 11) is 0. The lowest BCUT2D eigenvalue weighted by Crippen LogP contribution is -2.27. The Labute approximate surface area is 201 Å². The van der Waals surface area contributed by atoms with E-state index in [9.17, 15) is 9.18 Å². The van der Waals surface area contributed by atoms with E-state index in [2.05, 4.69) is 43.7 Å². The van der Waals surface area contributed by atoms with Crippen molar-refractivity contribution < 1.29 is 9.18 Å². The highest BCUT2D eigenvalue weighted by molar-refractivity contribution is 7.99. The van der Waals surface area contributed by atoms with Crippen molar-refractivity contribution in [1.82, 2.24) is 20.1 Å². The molecule has 4 rings (SSSR count). The Balaban J connectivity index is 1.34. The Morgan fingerprint density at radius 3 is 2.52 bits per heavy atom. The summed E-state index contributed by atoms with van der Waals surface area (Å²) in [6.45, 7) is 1.27. The summed E-state index contributed by atoms with van der Waals surface area (Å²) in [5, 5.41) is 14.6. The molecule has 1 N–H and O–H groups in total. The van der Waals surface area contributed by atoms with Crippen molar-refractivity contribution in [3.63, 3.8) is 0 Å². The summed E-state index contributed by atoms with van der Waals surface area (Å²) in [5.41, 5.74) is 2.24. The van der Waals surface area contributed by atoms with E-state index in [4.69, 9.17) is 0 Å². The van der Waals surface area contributed by atoms with Crippen molar-refractivity contribution in [3.8, 4) is 0 Å². The molecule has 2 aromatic heterocycles. The molecule has 0 radical (unpaired) electrons. The van der Waals surface area contributed by atoms with Crippen LogP contribution in [-0.2, 0) is 30.6 Å². The summed E-state index contributed by atoms with van der Waals surface area (Å²) in [6.07, 6.45) is 2.26. The number of rotatable bonds is 11. The SMILES string of the molecule is O=C(CSc1nnc(Cc2cccs2)n1CCc1ccccc1)NCCc1ccc(F)cc1. The zero-order chi connectivity index (χ0) is 22.9. The van der Waals surface area contributed by atoms with Crippen molar-refractivity contribution in [2.24, 2.45) is 0 Å². The summed E-state index contributed by atoms with van der Waals surface area (Å²) in [5.74, 6) is 0.868. The Bertz CT molecular complexity index is 1150. The lowest BCUT2D eigenvalue weighted by molar-refractivity contribution is -0.118. The quantitative estimate of drug-likeness (QED) is 0.314. The van der Waals surface area contributed by atoms with Crippen molar-refractivity contribution in [1.29, 1.82) is 0 Å². The highest BCUT2D eigenvalue weighted by atomic mass is 32.2. The van der Waals surface area contributed by atoms with Gasteiger partial charge in [-0.2, -0.15) is 0 Å². The molecule has 4 aromatic rings. The van der Waals surface area contributed by atoms with Crippen molar-refractivity contribution in [2.75, 3.05) is 12.3 Å². The molecule has 0 saturated carbocycles. The molecule has 0 aliphatic heterocycles. The van der Waals surface area contributed by atoms with Crippen molar-refractivity contribution >= 4 is 29.0 Å². The number of nitrogens with one attached hydrogen (secondary N) is 1. The smallest absolute Gasteiger partial charge is 0.230 e. The molecule has 5 nitrogen and oxygen atoms in total. The van der Waals surface area contributed by atoms with E-state index in [0.29, 0.717) is 13.0 Å². The number of benzene rings is 2. The molecule has 0 aliphatic rings. The van der Waals surface area contributed by atoms with Crippen LogP contribution in [0.1, 0.15) is 21.8 Å². The van der Waals surface area contributed by atoms with Crippen LogP contribution in [0.5, 0.6) is 0 Å². The van der Waals surface area contributed by atoms with E-state index >= 15 is 0 Å². The fraction of sp³-hybridized carbons (Fsp3) is 0.240. The van der Waals surface area contributed by atoms with Crippen LogP contribution in [0.3, 0.4) is 0 Å². The monoisotopic (exact) mass is 480 g/mol. The molecular formula is C25H25FN4OS2. The second-order valence-electron chi connectivity index (χ2n) is 7.56. The molecule has 2 heterocycles. The van der Waals surface area contributed by atoms with E-state index in [-0.39, 0.29) is 17.5 Å². The van der Waals surface area contributed by atoms with Gasteiger partial charge in [-0.15, -0.1) is 21.5 Å².